The second-order valence-corrected chi connectivity index (χ2v) is 4.32. The molecule has 0 aliphatic heterocycles. The Morgan fingerprint density at radius 2 is 2.18 bits per heavy atom. The minimum Gasteiger partial charge on any atom is -0.314 e. The first-order valence-corrected chi connectivity index (χ1v) is 5.76. The lowest BCUT2D eigenvalue weighted by atomic mass is 10.4. The fourth-order valence-electron chi connectivity index (χ4n) is 1.59. The van der Waals surface area contributed by atoms with Gasteiger partial charge in [-0.25, -0.2) is 4.68 Å². The number of rotatable bonds is 5. The van der Waals surface area contributed by atoms with Gasteiger partial charge in [0.15, 0.2) is 0 Å². The van der Waals surface area contributed by atoms with Crippen LogP contribution >= 0.6 is 0 Å². The average molecular weight is 234 g/mol. The molecule has 0 radical (unpaired) electrons. The van der Waals surface area contributed by atoms with Crippen LogP contribution in [0.3, 0.4) is 0 Å². The molecule has 0 aliphatic carbocycles. The molecule has 2 aromatic rings. The monoisotopic (exact) mass is 234 g/mol. The fraction of sp³-hybridized carbons (Fsp3) is 0.545. The first-order valence-electron chi connectivity index (χ1n) is 5.76. The van der Waals surface area contributed by atoms with Crippen molar-refractivity contribution < 1.29 is 0 Å². The molecule has 0 spiro atoms. The summed E-state index contributed by atoms with van der Waals surface area (Å²) in [4.78, 5) is 0. The van der Waals surface area contributed by atoms with E-state index < -0.39 is 0 Å². The normalized spacial score (nSPS) is 11.3. The van der Waals surface area contributed by atoms with Gasteiger partial charge in [-0.1, -0.05) is 5.21 Å². The van der Waals surface area contributed by atoms with Gasteiger partial charge in [0, 0.05) is 18.8 Å². The second-order valence-electron chi connectivity index (χ2n) is 4.32. The maximum atomic E-state index is 4.47. The van der Waals surface area contributed by atoms with Crippen LogP contribution < -0.4 is 5.32 Å². The van der Waals surface area contributed by atoms with Crippen molar-refractivity contribution in [1.29, 1.82) is 0 Å². The maximum Gasteiger partial charge on any atom is 0.0964 e. The summed E-state index contributed by atoms with van der Waals surface area (Å²) in [5.41, 5.74) is 1.94. The van der Waals surface area contributed by atoms with Gasteiger partial charge < -0.3 is 5.32 Å². The molecule has 0 aromatic carbocycles. The Kier molecular flexibility index (Phi) is 3.53. The van der Waals surface area contributed by atoms with Crippen molar-refractivity contribution in [2.75, 3.05) is 7.05 Å². The average Bonchev–Trinajstić information content (AvgIpc) is 2.89. The van der Waals surface area contributed by atoms with Crippen molar-refractivity contribution in [3.05, 3.63) is 29.8 Å². The minimum absolute atomic E-state index is 0.388. The summed E-state index contributed by atoms with van der Waals surface area (Å²) in [7, 11) is 1.89. The van der Waals surface area contributed by atoms with E-state index in [1.807, 2.05) is 30.2 Å². The molecule has 1 N–H and O–H groups in total. The van der Waals surface area contributed by atoms with E-state index in [-0.39, 0.29) is 0 Å². The summed E-state index contributed by atoms with van der Waals surface area (Å²) in [6.45, 7) is 5.62. The van der Waals surface area contributed by atoms with E-state index in [0.29, 0.717) is 12.6 Å². The predicted molar refractivity (Wildman–Crippen MR) is 64.5 cm³/mol. The number of hydrogen-bond donors (Lipinski definition) is 1. The quantitative estimate of drug-likeness (QED) is 0.832. The first kappa shape index (κ1) is 11.8. The van der Waals surface area contributed by atoms with Crippen LogP contribution in [0.5, 0.6) is 0 Å². The molecule has 0 saturated heterocycles. The van der Waals surface area contributed by atoms with Gasteiger partial charge in [0.05, 0.1) is 24.1 Å². The lowest BCUT2D eigenvalue weighted by Crippen LogP contribution is -2.06. The van der Waals surface area contributed by atoms with Crippen LogP contribution in [0.25, 0.3) is 0 Å². The van der Waals surface area contributed by atoms with Crippen molar-refractivity contribution >= 4 is 0 Å². The van der Waals surface area contributed by atoms with E-state index in [4.69, 9.17) is 0 Å². The van der Waals surface area contributed by atoms with Gasteiger partial charge in [-0.15, -0.1) is 5.10 Å². The number of nitrogens with zero attached hydrogens (tertiary/aromatic N) is 5. The summed E-state index contributed by atoms with van der Waals surface area (Å²) >= 11 is 0. The Hall–Kier alpha value is -1.69. The molecule has 0 bridgehead atoms. The van der Waals surface area contributed by atoms with Crippen LogP contribution in [0.1, 0.15) is 31.3 Å². The molecule has 0 unspecified atom stereocenters. The topological polar surface area (TPSA) is 60.6 Å². The zero-order valence-electron chi connectivity index (χ0n) is 10.5. The fourth-order valence-corrected chi connectivity index (χ4v) is 1.59. The van der Waals surface area contributed by atoms with Crippen LogP contribution in [0.2, 0.25) is 0 Å². The third-order valence-corrected chi connectivity index (χ3v) is 2.46. The largest absolute Gasteiger partial charge is 0.314 e. The first-order chi connectivity index (χ1) is 8.19. The Balaban J connectivity index is 2.03. The molecule has 0 amide bonds. The summed E-state index contributed by atoms with van der Waals surface area (Å²) in [5, 5.41) is 15.6. The van der Waals surface area contributed by atoms with Gasteiger partial charge in [-0.2, -0.15) is 5.10 Å². The van der Waals surface area contributed by atoms with Crippen molar-refractivity contribution in [2.45, 2.75) is 33.0 Å². The highest BCUT2D eigenvalue weighted by Crippen LogP contribution is 2.05. The third-order valence-electron chi connectivity index (χ3n) is 2.46. The van der Waals surface area contributed by atoms with Crippen LogP contribution in [-0.2, 0) is 13.1 Å². The highest BCUT2D eigenvalue weighted by molar-refractivity contribution is 5.01. The van der Waals surface area contributed by atoms with Crippen LogP contribution in [0, 0.1) is 0 Å². The molecule has 2 heterocycles. The van der Waals surface area contributed by atoms with Crippen molar-refractivity contribution in [3.63, 3.8) is 0 Å². The lowest BCUT2D eigenvalue weighted by molar-refractivity contribution is 0.519. The lowest BCUT2D eigenvalue weighted by Gasteiger charge is -2.03. The Labute approximate surface area is 101 Å². The Bertz CT molecular complexity index is 470. The molecule has 17 heavy (non-hydrogen) atoms. The molecule has 6 nitrogen and oxygen atoms in total. The van der Waals surface area contributed by atoms with Gasteiger partial charge in [-0.3, -0.25) is 4.68 Å². The summed E-state index contributed by atoms with van der Waals surface area (Å²) in [6.07, 6.45) is 3.93. The van der Waals surface area contributed by atoms with Crippen LogP contribution in [0.15, 0.2) is 18.5 Å². The van der Waals surface area contributed by atoms with Gasteiger partial charge in [0.2, 0.25) is 0 Å². The highest BCUT2D eigenvalue weighted by atomic mass is 15.4. The molecule has 2 rings (SSSR count). The smallest absolute Gasteiger partial charge is 0.0964 e. The van der Waals surface area contributed by atoms with Crippen LogP contribution in [-0.4, -0.2) is 31.8 Å². The van der Waals surface area contributed by atoms with Crippen molar-refractivity contribution in [3.8, 4) is 0 Å². The summed E-state index contributed by atoms with van der Waals surface area (Å²) in [5.74, 6) is 0. The zero-order valence-corrected chi connectivity index (χ0v) is 10.5. The van der Waals surface area contributed by atoms with E-state index in [1.165, 1.54) is 0 Å². The number of aromatic nitrogens is 5. The van der Waals surface area contributed by atoms with Gasteiger partial charge >= 0.3 is 0 Å². The molecule has 0 saturated carbocycles. The zero-order chi connectivity index (χ0) is 12.3. The molecule has 6 heteroatoms. The SMILES string of the molecule is CNCc1cn(Cc2ccn(C(C)C)n2)nn1. The predicted octanol–water partition coefficient (Wildman–Crippen LogP) is 0.823. The Morgan fingerprint density at radius 3 is 2.82 bits per heavy atom. The maximum absolute atomic E-state index is 4.47. The molecular formula is C11H18N6. The van der Waals surface area contributed by atoms with E-state index in [9.17, 15) is 0 Å². The molecular weight excluding hydrogens is 216 g/mol. The van der Waals surface area contributed by atoms with E-state index in [1.54, 1.807) is 4.68 Å². The standard InChI is InChI=1S/C11H18N6/c1-9(2)17-5-4-10(14-17)7-16-8-11(6-12-3)13-15-16/h4-5,8-9,12H,6-7H2,1-3H3. The third kappa shape index (κ3) is 2.91. The molecule has 92 valence electrons. The van der Waals surface area contributed by atoms with Crippen molar-refractivity contribution in [1.82, 2.24) is 30.1 Å². The number of hydrogen-bond acceptors (Lipinski definition) is 4. The minimum atomic E-state index is 0.388. The van der Waals surface area contributed by atoms with E-state index in [2.05, 4.69) is 34.6 Å². The number of nitrogens with one attached hydrogen (secondary N) is 1. The summed E-state index contributed by atoms with van der Waals surface area (Å²) in [6, 6.07) is 2.40. The second kappa shape index (κ2) is 5.09. The van der Waals surface area contributed by atoms with Gasteiger partial charge in [0.25, 0.3) is 0 Å². The summed E-state index contributed by atoms with van der Waals surface area (Å²) < 4.78 is 3.75. The molecule has 0 fully saturated rings. The molecule has 2 aromatic heterocycles. The van der Waals surface area contributed by atoms with Gasteiger partial charge in [-0.05, 0) is 27.0 Å². The van der Waals surface area contributed by atoms with E-state index >= 15 is 0 Å². The van der Waals surface area contributed by atoms with E-state index in [0.717, 1.165) is 17.9 Å². The molecule has 0 atom stereocenters. The Morgan fingerprint density at radius 1 is 1.35 bits per heavy atom. The van der Waals surface area contributed by atoms with Gasteiger partial charge in [0.1, 0.15) is 0 Å². The van der Waals surface area contributed by atoms with Crippen LogP contribution in [0.4, 0.5) is 0 Å². The highest BCUT2D eigenvalue weighted by Gasteiger charge is 2.04. The molecule has 0 aliphatic rings. The van der Waals surface area contributed by atoms with Crippen molar-refractivity contribution in [2.24, 2.45) is 0 Å².